The first-order valence-corrected chi connectivity index (χ1v) is 6.46. The van der Waals surface area contributed by atoms with Gasteiger partial charge >= 0.3 is 0 Å². The van der Waals surface area contributed by atoms with Gasteiger partial charge in [-0.1, -0.05) is 0 Å². The topological polar surface area (TPSA) is 60.0 Å². The molecule has 2 aromatic heterocycles. The molecule has 19 heavy (non-hydrogen) atoms. The van der Waals surface area contributed by atoms with Crippen LogP contribution in [0.1, 0.15) is 16.8 Å². The summed E-state index contributed by atoms with van der Waals surface area (Å²) in [4.78, 5) is 6.25. The predicted octanol–water partition coefficient (Wildman–Crippen LogP) is 1.26. The average molecular weight is 259 g/mol. The lowest BCUT2D eigenvalue weighted by molar-refractivity contribution is 0.725. The highest BCUT2D eigenvalue weighted by atomic mass is 15.4. The molecule has 0 atom stereocenters. The molecule has 0 aromatic carbocycles. The van der Waals surface area contributed by atoms with Crippen molar-refractivity contribution in [2.75, 3.05) is 18.5 Å². The fraction of sp³-hybridized carbons (Fsp3) is 0.429. The van der Waals surface area contributed by atoms with E-state index in [4.69, 9.17) is 5.73 Å². The summed E-state index contributed by atoms with van der Waals surface area (Å²) < 4.78 is 1.93. The molecule has 2 aromatic rings. The van der Waals surface area contributed by atoms with Gasteiger partial charge in [0, 0.05) is 38.6 Å². The molecule has 0 saturated heterocycles. The minimum Gasteiger partial charge on any atom is -0.355 e. The van der Waals surface area contributed by atoms with E-state index < -0.39 is 0 Å². The Morgan fingerprint density at radius 2 is 2.00 bits per heavy atom. The van der Waals surface area contributed by atoms with Crippen molar-refractivity contribution in [2.24, 2.45) is 12.8 Å². The monoisotopic (exact) mass is 259 g/mol. The molecule has 0 spiro atoms. The van der Waals surface area contributed by atoms with Gasteiger partial charge in [-0.3, -0.25) is 9.67 Å². The van der Waals surface area contributed by atoms with Crippen molar-refractivity contribution >= 4 is 5.82 Å². The van der Waals surface area contributed by atoms with Gasteiger partial charge in [-0.15, -0.1) is 0 Å². The highest BCUT2D eigenvalue weighted by molar-refractivity contribution is 5.50. The number of rotatable bonds is 5. The molecule has 5 heteroatoms. The first-order valence-electron chi connectivity index (χ1n) is 6.46. The number of hydrogen-bond donors (Lipinski definition) is 1. The van der Waals surface area contributed by atoms with Gasteiger partial charge < -0.3 is 10.6 Å². The Kier molecular flexibility index (Phi) is 4.16. The Morgan fingerprint density at radius 1 is 1.32 bits per heavy atom. The van der Waals surface area contributed by atoms with E-state index in [0.29, 0.717) is 6.54 Å². The number of anilines is 1. The van der Waals surface area contributed by atoms with Crippen LogP contribution in [0.4, 0.5) is 5.82 Å². The third kappa shape index (κ3) is 2.93. The van der Waals surface area contributed by atoms with Gasteiger partial charge in [0.2, 0.25) is 0 Å². The Labute approximate surface area is 114 Å². The van der Waals surface area contributed by atoms with Gasteiger partial charge in [0.1, 0.15) is 5.82 Å². The molecular formula is C14H21N5. The molecule has 2 heterocycles. The van der Waals surface area contributed by atoms with Crippen LogP contribution in [0, 0.1) is 6.92 Å². The number of aromatic nitrogens is 3. The Balaban J connectivity index is 2.25. The zero-order valence-corrected chi connectivity index (χ0v) is 11.8. The van der Waals surface area contributed by atoms with Gasteiger partial charge in [-0.25, -0.2) is 0 Å². The summed E-state index contributed by atoms with van der Waals surface area (Å²) in [7, 11) is 4.06. The summed E-state index contributed by atoms with van der Waals surface area (Å²) in [5, 5.41) is 4.50. The number of hydrogen-bond acceptors (Lipinski definition) is 4. The van der Waals surface area contributed by atoms with Gasteiger partial charge in [0.15, 0.2) is 0 Å². The van der Waals surface area contributed by atoms with Gasteiger partial charge in [-0.05, 0) is 37.6 Å². The van der Waals surface area contributed by atoms with Crippen LogP contribution in [0.5, 0.6) is 0 Å². The van der Waals surface area contributed by atoms with E-state index in [9.17, 15) is 0 Å². The Morgan fingerprint density at radius 3 is 2.63 bits per heavy atom. The molecule has 0 aliphatic rings. The molecule has 0 saturated carbocycles. The van der Waals surface area contributed by atoms with Crippen LogP contribution in [0.15, 0.2) is 24.5 Å². The summed E-state index contributed by atoms with van der Waals surface area (Å²) in [5.74, 6) is 1.14. The van der Waals surface area contributed by atoms with Crippen LogP contribution in [0.2, 0.25) is 0 Å². The highest BCUT2D eigenvalue weighted by Crippen LogP contribution is 2.23. The standard InChI is InChI=1S/C14H21N5/c1-11-13(4-7-15)14(19(3)17-11)18(2)10-12-5-8-16-9-6-12/h5-6,8-9H,4,7,10,15H2,1-3H3. The van der Waals surface area contributed by atoms with E-state index in [1.165, 1.54) is 11.1 Å². The second-order valence-electron chi connectivity index (χ2n) is 4.76. The van der Waals surface area contributed by atoms with Crippen molar-refractivity contribution in [3.05, 3.63) is 41.3 Å². The van der Waals surface area contributed by atoms with Crippen molar-refractivity contribution in [3.63, 3.8) is 0 Å². The fourth-order valence-electron chi connectivity index (χ4n) is 2.44. The lowest BCUT2D eigenvalue weighted by atomic mass is 10.1. The van der Waals surface area contributed by atoms with Crippen LogP contribution in [0.3, 0.4) is 0 Å². The zero-order chi connectivity index (χ0) is 13.8. The SMILES string of the molecule is Cc1nn(C)c(N(C)Cc2ccncc2)c1CCN. The molecule has 102 valence electrons. The second-order valence-corrected chi connectivity index (χ2v) is 4.76. The summed E-state index contributed by atoms with van der Waals surface area (Å²) in [6, 6.07) is 4.06. The van der Waals surface area contributed by atoms with Gasteiger partial charge in [0.25, 0.3) is 0 Å². The van der Waals surface area contributed by atoms with Crippen LogP contribution in [-0.2, 0) is 20.0 Å². The van der Waals surface area contributed by atoms with Crippen LogP contribution < -0.4 is 10.6 Å². The van der Waals surface area contributed by atoms with Crippen LogP contribution in [-0.4, -0.2) is 28.4 Å². The maximum absolute atomic E-state index is 5.70. The van der Waals surface area contributed by atoms with Crippen molar-refractivity contribution < 1.29 is 0 Å². The van der Waals surface area contributed by atoms with E-state index in [0.717, 1.165) is 24.5 Å². The minimum absolute atomic E-state index is 0.641. The summed E-state index contributed by atoms with van der Waals surface area (Å²) >= 11 is 0. The number of nitrogens with two attached hydrogens (primary N) is 1. The molecule has 0 radical (unpaired) electrons. The fourth-order valence-corrected chi connectivity index (χ4v) is 2.44. The molecule has 2 N–H and O–H groups in total. The quantitative estimate of drug-likeness (QED) is 0.878. The van der Waals surface area contributed by atoms with E-state index in [1.807, 2.05) is 43.2 Å². The number of aryl methyl sites for hydroxylation is 2. The number of pyridine rings is 1. The Hall–Kier alpha value is -1.88. The molecule has 0 fully saturated rings. The van der Waals surface area contributed by atoms with Crippen LogP contribution in [0.25, 0.3) is 0 Å². The van der Waals surface area contributed by atoms with Crippen molar-refractivity contribution in [1.82, 2.24) is 14.8 Å². The number of nitrogens with zero attached hydrogens (tertiary/aromatic N) is 4. The summed E-state index contributed by atoms with van der Waals surface area (Å²) in [6.45, 7) is 3.51. The molecule has 0 bridgehead atoms. The molecule has 5 nitrogen and oxygen atoms in total. The lowest BCUT2D eigenvalue weighted by Gasteiger charge is -2.21. The van der Waals surface area contributed by atoms with Crippen molar-refractivity contribution in [1.29, 1.82) is 0 Å². The third-order valence-corrected chi connectivity index (χ3v) is 3.24. The first kappa shape index (κ1) is 13.5. The van der Waals surface area contributed by atoms with Crippen molar-refractivity contribution in [2.45, 2.75) is 19.9 Å². The molecule has 0 aliphatic carbocycles. The highest BCUT2D eigenvalue weighted by Gasteiger charge is 2.16. The summed E-state index contributed by atoms with van der Waals surface area (Å²) in [5.41, 5.74) is 9.23. The zero-order valence-electron chi connectivity index (χ0n) is 11.8. The molecule has 2 rings (SSSR count). The van der Waals surface area contributed by atoms with E-state index >= 15 is 0 Å². The normalized spacial score (nSPS) is 10.7. The van der Waals surface area contributed by atoms with Crippen molar-refractivity contribution in [3.8, 4) is 0 Å². The predicted molar refractivity (Wildman–Crippen MR) is 77.0 cm³/mol. The molecular weight excluding hydrogens is 238 g/mol. The third-order valence-electron chi connectivity index (χ3n) is 3.24. The van der Waals surface area contributed by atoms with Gasteiger partial charge in [0.05, 0.1) is 5.69 Å². The maximum atomic E-state index is 5.70. The van der Waals surface area contributed by atoms with E-state index in [1.54, 1.807) is 0 Å². The van der Waals surface area contributed by atoms with Crippen LogP contribution >= 0.6 is 0 Å². The maximum Gasteiger partial charge on any atom is 0.130 e. The Bertz CT molecular complexity index is 532. The minimum atomic E-state index is 0.641. The molecule has 0 unspecified atom stereocenters. The molecule has 0 amide bonds. The van der Waals surface area contributed by atoms with E-state index in [-0.39, 0.29) is 0 Å². The van der Waals surface area contributed by atoms with Gasteiger partial charge in [-0.2, -0.15) is 5.10 Å². The first-order chi connectivity index (χ1) is 9.13. The largest absolute Gasteiger partial charge is 0.355 e. The lowest BCUT2D eigenvalue weighted by Crippen LogP contribution is -2.21. The average Bonchev–Trinajstić information content (AvgIpc) is 2.66. The second kappa shape index (κ2) is 5.84. The smallest absolute Gasteiger partial charge is 0.130 e. The summed E-state index contributed by atoms with van der Waals surface area (Å²) in [6.07, 6.45) is 4.49. The van der Waals surface area contributed by atoms with E-state index in [2.05, 4.69) is 22.0 Å². The molecule has 0 aliphatic heterocycles.